The van der Waals surface area contributed by atoms with Gasteiger partial charge in [-0.3, -0.25) is 14.4 Å². The second-order valence-electron chi connectivity index (χ2n) is 6.73. The van der Waals surface area contributed by atoms with E-state index in [2.05, 4.69) is 10.6 Å². The first kappa shape index (κ1) is 21.9. The van der Waals surface area contributed by atoms with E-state index in [-0.39, 0.29) is 21.7 Å². The third kappa shape index (κ3) is 4.21. The van der Waals surface area contributed by atoms with Gasteiger partial charge in [0.1, 0.15) is 10.7 Å². The first-order valence-corrected chi connectivity index (χ1v) is 10.5. The standard InChI is InChI=1S/C23H14Cl3N3O3/c24-16-7-4-8-17(18(16)25)28-21(30)13-9-11-14(12-10-13)27-20-19(26)22(31)29(23(20)32)15-5-2-1-3-6-15/h1-12,27H,(H,28,30). The fraction of sp³-hybridized carbons (Fsp3) is 0. The quantitative estimate of drug-likeness (QED) is 0.455. The first-order chi connectivity index (χ1) is 15.4. The number of halogens is 3. The fourth-order valence-electron chi connectivity index (χ4n) is 3.07. The summed E-state index contributed by atoms with van der Waals surface area (Å²) in [6.45, 7) is 0. The maximum absolute atomic E-state index is 12.8. The van der Waals surface area contributed by atoms with Crippen LogP contribution in [0, 0.1) is 0 Å². The molecule has 0 unspecified atom stereocenters. The van der Waals surface area contributed by atoms with Crippen LogP contribution in [0.5, 0.6) is 0 Å². The van der Waals surface area contributed by atoms with Gasteiger partial charge in [0.05, 0.1) is 21.4 Å². The highest BCUT2D eigenvalue weighted by molar-refractivity contribution is 6.53. The van der Waals surface area contributed by atoms with Gasteiger partial charge in [0.15, 0.2) is 0 Å². The highest BCUT2D eigenvalue weighted by Crippen LogP contribution is 2.31. The van der Waals surface area contributed by atoms with Gasteiger partial charge in [0.2, 0.25) is 0 Å². The smallest absolute Gasteiger partial charge is 0.283 e. The molecule has 0 saturated heterocycles. The number of carbonyl (C=O) groups excluding carboxylic acids is 3. The van der Waals surface area contributed by atoms with Crippen molar-refractivity contribution in [3.63, 3.8) is 0 Å². The van der Waals surface area contributed by atoms with Crippen LogP contribution >= 0.6 is 34.8 Å². The molecular formula is C23H14Cl3N3O3. The Balaban J connectivity index is 1.49. The van der Waals surface area contributed by atoms with Crippen molar-refractivity contribution in [1.82, 2.24) is 0 Å². The zero-order valence-electron chi connectivity index (χ0n) is 16.2. The maximum Gasteiger partial charge on any atom is 0.283 e. The second kappa shape index (κ2) is 9.04. The number of hydrogen-bond acceptors (Lipinski definition) is 4. The molecule has 3 aromatic rings. The second-order valence-corrected chi connectivity index (χ2v) is 7.89. The Bertz CT molecular complexity index is 1260. The molecule has 0 fully saturated rings. The van der Waals surface area contributed by atoms with Gasteiger partial charge in [-0.05, 0) is 48.5 Å². The Morgan fingerprint density at radius 2 is 1.47 bits per heavy atom. The SMILES string of the molecule is O=C(Nc1cccc(Cl)c1Cl)c1ccc(NC2=C(Cl)C(=O)N(c3ccccc3)C2=O)cc1. The van der Waals surface area contributed by atoms with Crippen molar-refractivity contribution in [2.75, 3.05) is 15.5 Å². The van der Waals surface area contributed by atoms with E-state index < -0.39 is 11.8 Å². The largest absolute Gasteiger partial charge is 0.350 e. The van der Waals surface area contributed by atoms with Gasteiger partial charge in [-0.1, -0.05) is 59.1 Å². The van der Waals surface area contributed by atoms with Crippen molar-refractivity contribution in [1.29, 1.82) is 0 Å². The number of nitrogens with zero attached hydrogens (tertiary/aromatic N) is 1. The summed E-state index contributed by atoms with van der Waals surface area (Å²) in [6, 6.07) is 19.7. The number of imide groups is 1. The number of nitrogens with one attached hydrogen (secondary N) is 2. The number of amides is 3. The van der Waals surface area contributed by atoms with Crippen LogP contribution in [-0.4, -0.2) is 17.7 Å². The van der Waals surface area contributed by atoms with E-state index in [4.69, 9.17) is 34.8 Å². The molecule has 160 valence electrons. The summed E-state index contributed by atoms with van der Waals surface area (Å²) in [5, 5.41) is 5.92. The van der Waals surface area contributed by atoms with E-state index in [0.29, 0.717) is 27.6 Å². The normalized spacial score (nSPS) is 13.5. The number of benzene rings is 3. The summed E-state index contributed by atoms with van der Waals surface area (Å²) in [4.78, 5) is 38.8. The van der Waals surface area contributed by atoms with Crippen LogP contribution in [0.4, 0.5) is 17.1 Å². The molecule has 6 nitrogen and oxygen atoms in total. The minimum atomic E-state index is -0.611. The van der Waals surface area contributed by atoms with Gasteiger partial charge in [-0.25, -0.2) is 4.90 Å². The summed E-state index contributed by atoms with van der Waals surface area (Å²) >= 11 is 18.2. The van der Waals surface area contributed by atoms with Gasteiger partial charge < -0.3 is 10.6 Å². The van der Waals surface area contributed by atoms with Crippen molar-refractivity contribution in [3.05, 3.63) is 99.1 Å². The molecule has 0 aromatic heterocycles. The highest BCUT2D eigenvalue weighted by atomic mass is 35.5. The van der Waals surface area contributed by atoms with Crippen molar-refractivity contribution < 1.29 is 14.4 Å². The van der Waals surface area contributed by atoms with Crippen LogP contribution in [0.3, 0.4) is 0 Å². The Kier molecular flexibility index (Phi) is 6.19. The number of para-hydroxylation sites is 1. The Morgan fingerprint density at radius 1 is 0.781 bits per heavy atom. The lowest BCUT2D eigenvalue weighted by molar-refractivity contribution is -0.120. The van der Waals surface area contributed by atoms with E-state index in [1.54, 1.807) is 72.8 Å². The molecule has 0 atom stereocenters. The summed E-state index contributed by atoms with van der Waals surface area (Å²) in [6.07, 6.45) is 0. The Hall–Kier alpha value is -3.32. The molecule has 0 aliphatic carbocycles. The van der Waals surface area contributed by atoms with Crippen molar-refractivity contribution in [2.45, 2.75) is 0 Å². The third-order valence-electron chi connectivity index (χ3n) is 4.66. The predicted molar refractivity (Wildman–Crippen MR) is 126 cm³/mol. The molecule has 0 bridgehead atoms. The van der Waals surface area contributed by atoms with Gasteiger partial charge >= 0.3 is 0 Å². The molecule has 3 amide bonds. The summed E-state index contributed by atoms with van der Waals surface area (Å²) in [5.41, 5.74) is 1.60. The van der Waals surface area contributed by atoms with Gasteiger partial charge in [-0.2, -0.15) is 0 Å². The minimum absolute atomic E-state index is 0.0385. The highest BCUT2D eigenvalue weighted by Gasteiger charge is 2.38. The molecule has 1 aliphatic heterocycles. The van der Waals surface area contributed by atoms with E-state index in [9.17, 15) is 14.4 Å². The average molecular weight is 487 g/mol. The van der Waals surface area contributed by atoms with Crippen LogP contribution in [-0.2, 0) is 9.59 Å². The molecule has 2 N–H and O–H groups in total. The number of carbonyl (C=O) groups is 3. The Labute approximate surface area is 198 Å². The van der Waals surface area contributed by atoms with Crippen LogP contribution in [0.1, 0.15) is 10.4 Å². The number of rotatable bonds is 5. The third-order valence-corrected chi connectivity index (χ3v) is 5.83. The number of hydrogen-bond donors (Lipinski definition) is 2. The van der Waals surface area contributed by atoms with E-state index >= 15 is 0 Å². The molecule has 32 heavy (non-hydrogen) atoms. The monoisotopic (exact) mass is 485 g/mol. The van der Waals surface area contributed by atoms with Gasteiger partial charge in [0, 0.05) is 11.3 Å². The van der Waals surface area contributed by atoms with Gasteiger partial charge in [-0.15, -0.1) is 0 Å². The predicted octanol–water partition coefficient (Wildman–Crippen LogP) is 5.68. The lowest BCUT2D eigenvalue weighted by atomic mass is 10.2. The molecule has 4 rings (SSSR count). The van der Waals surface area contributed by atoms with E-state index in [1.165, 1.54) is 0 Å². The van der Waals surface area contributed by atoms with Crippen LogP contribution < -0.4 is 15.5 Å². The molecule has 1 heterocycles. The molecular weight excluding hydrogens is 473 g/mol. The maximum atomic E-state index is 12.8. The van der Waals surface area contributed by atoms with Gasteiger partial charge in [0.25, 0.3) is 17.7 Å². The first-order valence-electron chi connectivity index (χ1n) is 9.33. The molecule has 0 spiro atoms. The zero-order chi connectivity index (χ0) is 22.8. The average Bonchev–Trinajstić information content (AvgIpc) is 3.01. The van der Waals surface area contributed by atoms with Crippen LogP contribution in [0.25, 0.3) is 0 Å². The summed E-state index contributed by atoms with van der Waals surface area (Å²) in [5.74, 6) is -1.57. The van der Waals surface area contributed by atoms with Crippen molar-refractivity contribution in [2.24, 2.45) is 0 Å². The zero-order valence-corrected chi connectivity index (χ0v) is 18.5. The summed E-state index contributed by atoms with van der Waals surface area (Å²) in [7, 11) is 0. The van der Waals surface area contributed by atoms with Crippen molar-refractivity contribution >= 4 is 69.6 Å². The molecule has 1 aliphatic rings. The molecule has 3 aromatic carbocycles. The lowest BCUT2D eigenvalue weighted by Gasteiger charge is -2.15. The lowest BCUT2D eigenvalue weighted by Crippen LogP contribution is -2.32. The topological polar surface area (TPSA) is 78.5 Å². The molecule has 9 heteroatoms. The Morgan fingerprint density at radius 3 is 2.16 bits per heavy atom. The summed E-state index contributed by atoms with van der Waals surface area (Å²) < 4.78 is 0. The van der Waals surface area contributed by atoms with Crippen LogP contribution in [0.2, 0.25) is 10.0 Å². The molecule has 0 radical (unpaired) electrons. The van der Waals surface area contributed by atoms with Crippen LogP contribution in [0.15, 0.2) is 83.5 Å². The minimum Gasteiger partial charge on any atom is -0.350 e. The van der Waals surface area contributed by atoms with E-state index in [1.807, 2.05) is 0 Å². The molecule has 0 saturated carbocycles. The van der Waals surface area contributed by atoms with Crippen molar-refractivity contribution in [3.8, 4) is 0 Å². The van der Waals surface area contributed by atoms with E-state index in [0.717, 1.165) is 4.90 Å². The fourth-order valence-corrected chi connectivity index (χ4v) is 3.63. The number of anilines is 3.